The van der Waals surface area contributed by atoms with Gasteiger partial charge >= 0.3 is 0 Å². The van der Waals surface area contributed by atoms with Crippen LogP contribution < -0.4 is 5.11 Å². The Morgan fingerprint density at radius 2 is 1.95 bits per heavy atom. The maximum atomic E-state index is 11.8. The van der Waals surface area contributed by atoms with Crippen molar-refractivity contribution in [2.45, 2.75) is 0 Å². The number of hydrogen-bond acceptors (Lipinski definition) is 6. The molecule has 0 unspecified atom stereocenters. The Balaban J connectivity index is 2.22. The highest BCUT2D eigenvalue weighted by Gasteiger charge is 2.14. The summed E-state index contributed by atoms with van der Waals surface area (Å²) >= 11 is 0. The van der Waals surface area contributed by atoms with Crippen LogP contribution in [0.25, 0.3) is 17.2 Å². The summed E-state index contributed by atoms with van der Waals surface area (Å²) in [5.74, 6) is -0.509. The number of nitro groups is 1. The normalized spacial score (nSPS) is 10.7. The first kappa shape index (κ1) is 11.1. The van der Waals surface area contributed by atoms with E-state index in [9.17, 15) is 15.2 Å². The number of aromatic nitrogens is 4. The molecule has 0 saturated heterocycles. The first-order chi connectivity index (χ1) is 9.16. The molecular formula is C11H6N5O3-. The minimum Gasteiger partial charge on any atom is -0.854 e. The number of rotatable bonds is 2. The Hall–Kier alpha value is -3.03. The summed E-state index contributed by atoms with van der Waals surface area (Å²) in [6.07, 6.45) is 0.890. The Morgan fingerprint density at radius 3 is 2.63 bits per heavy atom. The Labute approximate surface area is 106 Å². The molecule has 0 radical (unpaired) electrons. The molecule has 8 heteroatoms. The van der Waals surface area contributed by atoms with Gasteiger partial charge < -0.3 is 5.11 Å². The van der Waals surface area contributed by atoms with Gasteiger partial charge in [-0.15, -0.1) is 5.10 Å². The van der Waals surface area contributed by atoms with Crippen LogP contribution in [0.4, 0.5) is 5.69 Å². The molecule has 0 aliphatic carbocycles. The van der Waals surface area contributed by atoms with Gasteiger partial charge in [-0.3, -0.25) is 10.1 Å². The SMILES string of the molecule is O=[N+]([O-])c1cnc2nc(-c3ccccc3)nn2c1[O-]. The van der Waals surface area contributed by atoms with Crippen LogP contribution in [0, 0.1) is 10.1 Å². The molecule has 0 saturated carbocycles. The number of hydrogen-bond donors (Lipinski definition) is 0. The van der Waals surface area contributed by atoms with Gasteiger partial charge in [0, 0.05) is 5.56 Å². The van der Waals surface area contributed by atoms with Gasteiger partial charge in [-0.2, -0.15) is 4.98 Å². The molecule has 0 atom stereocenters. The molecule has 1 aromatic carbocycles. The Bertz CT molecular complexity index is 769. The van der Waals surface area contributed by atoms with Gasteiger partial charge in [0.25, 0.3) is 11.5 Å². The third-order valence-electron chi connectivity index (χ3n) is 2.53. The van der Waals surface area contributed by atoms with Crippen LogP contribution >= 0.6 is 0 Å². The number of fused-ring (bicyclic) bond motifs is 1. The van der Waals surface area contributed by atoms with Gasteiger partial charge in [-0.25, -0.2) is 9.50 Å². The summed E-state index contributed by atoms with van der Waals surface area (Å²) in [4.78, 5) is 17.7. The fourth-order valence-corrected chi connectivity index (χ4v) is 1.64. The van der Waals surface area contributed by atoms with Gasteiger partial charge in [0.2, 0.25) is 0 Å². The molecule has 3 rings (SSSR count). The molecule has 19 heavy (non-hydrogen) atoms. The van der Waals surface area contributed by atoms with Crippen molar-refractivity contribution in [3.8, 4) is 17.3 Å². The third-order valence-corrected chi connectivity index (χ3v) is 2.53. The first-order valence-corrected chi connectivity index (χ1v) is 5.29. The molecule has 0 N–H and O–H groups in total. The largest absolute Gasteiger partial charge is 0.854 e. The quantitative estimate of drug-likeness (QED) is 0.494. The van der Waals surface area contributed by atoms with Gasteiger partial charge in [0.15, 0.2) is 5.82 Å². The monoisotopic (exact) mass is 256 g/mol. The second kappa shape index (κ2) is 4.02. The van der Waals surface area contributed by atoms with Crippen LogP contribution in [0.1, 0.15) is 0 Å². The molecule has 2 heterocycles. The predicted octanol–water partition coefficient (Wildman–Crippen LogP) is 0.773. The molecule has 0 bridgehead atoms. The molecule has 0 aliphatic heterocycles. The predicted molar refractivity (Wildman–Crippen MR) is 62.3 cm³/mol. The van der Waals surface area contributed by atoms with E-state index in [0.29, 0.717) is 11.4 Å². The van der Waals surface area contributed by atoms with Crippen LogP contribution in [-0.2, 0) is 0 Å². The molecule has 8 nitrogen and oxygen atoms in total. The summed E-state index contributed by atoms with van der Waals surface area (Å²) in [6, 6.07) is 8.98. The zero-order valence-electron chi connectivity index (χ0n) is 9.42. The molecule has 0 amide bonds. The highest BCUT2D eigenvalue weighted by Crippen LogP contribution is 2.23. The summed E-state index contributed by atoms with van der Waals surface area (Å²) in [5, 5.41) is 26.4. The summed E-state index contributed by atoms with van der Waals surface area (Å²) in [6.45, 7) is 0. The molecule has 0 aliphatic rings. The molecule has 0 fully saturated rings. The summed E-state index contributed by atoms with van der Waals surface area (Å²) in [5.41, 5.74) is 0.0760. The molecule has 0 spiro atoms. The van der Waals surface area contributed by atoms with Crippen molar-refractivity contribution in [1.82, 2.24) is 19.6 Å². The fourth-order valence-electron chi connectivity index (χ4n) is 1.64. The van der Waals surface area contributed by atoms with Crippen molar-refractivity contribution in [3.63, 3.8) is 0 Å². The lowest BCUT2D eigenvalue weighted by Gasteiger charge is -2.06. The lowest BCUT2D eigenvalue weighted by molar-refractivity contribution is -0.400. The maximum Gasteiger partial charge on any atom is 0.298 e. The van der Waals surface area contributed by atoms with Crippen LogP contribution in [0.15, 0.2) is 36.5 Å². The van der Waals surface area contributed by atoms with Crippen molar-refractivity contribution >= 4 is 11.5 Å². The van der Waals surface area contributed by atoms with Gasteiger partial charge in [-0.1, -0.05) is 30.3 Å². The van der Waals surface area contributed by atoms with Crippen LogP contribution in [0.5, 0.6) is 5.88 Å². The van der Waals surface area contributed by atoms with E-state index >= 15 is 0 Å². The Kier molecular flexibility index (Phi) is 2.34. The van der Waals surface area contributed by atoms with E-state index in [1.54, 1.807) is 24.3 Å². The second-order valence-electron chi connectivity index (χ2n) is 3.72. The average Bonchev–Trinajstić information content (AvgIpc) is 2.85. The summed E-state index contributed by atoms with van der Waals surface area (Å²) in [7, 11) is 0. The van der Waals surface area contributed by atoms with Crippen molar-refractivity contribution in [2.75, 3.05) is 0 Å². The van der Waals surface area contributed by atoms with E-state index in [1.807, 2.05) is 6.07 Å². The lowest BCUT2D eigenvalue weighted by Crippen LogP contribution is -2.06. The first-order valence-electron chi connectivity index (χ1n) is 5.29. The standard InChI is InChI=1S/C11H7N5O3/c17-10-8(16(18)19)6-12-11-13-9(14-15(10)11)7-4-2-1-3-5-7/h1-6,17H/p-1. The maximum absolute atomic E-state index is 11.8. The van der Waals surface area contributed by atoms with Crippen molar-refractivity contribution in [3.05, 3.63) is 46.6 Å². The van der Waals surface area contributed by atoms with Crippen LogP contribution in [0.3, 0.4) is 0 Å². The highest BCUT2D eigenvalue weighted by molar-refractivity contribution is 5.57. The molecular weight excluding hydrogens is 250 g/mol. The van der Waals surface area contributed by atoms with Gasteiger partial charge in [-0.05, 0) is 0 Å². The van der Waals surface area contributed by atoms with Crippen LogP contribution in [0.2, 0.25) is 0 Å². The fraction of sp³-hybridized carbons (Fsp3) is 0. The number of benzene rings is 1. The van der Waals surface area contributed by atoms with E-state index in [0.717, 1.165) is 10.7 Å². The molecule has 2 aromatic heterocycles. The topological polar surface area (TPSA) is 109 Å². The average molecular weight is 256 g/mol. The number of nitrogens with zero attached hydrogens (tertiary/aromatic N) is 5. The second-order valence-corrected chi connectivity index (χ2v) is 3.72. The van der Waals surface area contributed by atoms with E-state index in [4.69, 9.17) is 0 Å². The zero-order valence-corrected chi connectivity index (χ0v) is 9.42. The lowest BCUT2D eigenvalue weighted by atomic mass is 10.2. The van der Waals surface area contributed by atoms with E-state index in [2.05, 4.69) is 15.1 Å². The Morgan fingerprint density at radius 1 is 1.21 bits per heavy atom. The van der Waals surface area contributed by atoms with E-state index in [-0.39, 0.29) is 5.78 Å². The third kappa shape index (κ3) is 1.75. The zero-order chi connectivity index (χ0) is 13.4. The van der Waals surface area contributed by atoms with Crippen molar-refractivity contribution in [2.24, 2.45) is 0 Å². The van der Waals surface area contributed by atoms with E-state index < -0.39 is 16.5 Å². The van der Waals surface area contributed by atoms with Crippen molar-refractivity contribution < 1.29 is 10.0 Å². The highest BCUT2D eigenvalue weighted by atomic mass is 16.6. The van der Waals surface area contributed by atoms with Crippen molar-refractivity contribution in [1.29, 1.82) is 0 Å². The van der Waals surface area contributed by atoms with Gasteiger partial charge in [0.1, 0.15) is 6.20 Å². The minimum absolute atomic E-state index is 0.0365. The van der Waals surface area contributed by atoms with E-state index in [1.165, 1.54) is 0 Å². The summed E-state index contributed by atoms with van der Waals surface area (Å²) < 4.78 is 0.834. The molecule has 3 aromatic rings. The smallest absolute Gasteiger partial charge is 0.298 e. The minimum atomic E-state index is -0.843. The molecule has 94 valence electrons. The van der Waals surface area contributed by atoms with Crippen LogP contribution in [-0.4, -0.2) is 24.5 Å². The van der Waals surface area contributed by atoms with Gasteiger partial charge in [0.05, 0.1) is 10.8 Å².